The second kappa shape index (κ2) is 6.00. The zero-order valence-corrected chi connectivity index (χ0v) is 11.5. The SMILES string of the molecule is CN(C(=O)c1cc([N+](=O)[O-])cc([N+](=O)[O-])c1)c1ccccc1. The number of amides is 1. The normalized spacial score (nSPS) is 10.0. The highest BCUT2D eigenvalue weighted by Crippen LogP contribution is 2.24. The highest BCUT2D eigenvalue weighted by atomic mass is 16.6. The summed E-state index contributed by atoms with van der Waals surface area (Å²) < 4.78 is 0. The van der Waals surface area contributed by atoms with E-state index in [1.807, 2.05) is 0 Å². The molecule has 0 N–H and O–H groups in total. The third kappa shape index (κ3) is 3.06. The molecule has 2 aromatic rings. The second-order valence-corrected chi connectivity index (χ2v) is 4.45. The molecule has 0 bridgehead atoms. The number of nitro benzene ring substituents is 2. The van der Waals surface area contributed by atoms with Crippen LogP contribution >= 0.6 is 0 Å². The van der Waals surface area contributed by atoms with Gasteiger partial charge in [-0.1, -0.05) is 18.2 Å². The summed E-state index contributed by atoms with van der Waals surface area (Å²) in [5, 5.41) is 21.7. The van der Waals surface area contributed by atoms with Gasteiger partial charge < -0.3 is 4.90 Å². The Bertz CT molecular complexity index is 713. The molecule has 8 heteroatoms. The molecular weight excluding hydrogens is 290 g/mol. The van der Waals surface area contributed by atoms with Crippen molar-refractivity contribution in [2.24, 2.45) is 0 Å². The number of para-hydroxylation sites is 1. The third-order valence-electron chi connectivity index (χ3n) is 3.02. The predicted octanol–water partition coefficient (Wildman–Crippen LogP) is 2.78. The van der Waals surface area contributed by atoms with E-state index in [-0.39, 0.29) is 5.56 Å². The van der Waals surface area contributed by atoms with Crippen LogP contribution in [-0.4, -0.2) is 22.8 Å². The van der Waals surface area contributed by atoms with Gasteiger partial charge in [-0.15, -0.1) is 0 Å². The van der Waals surface area contributed by atoms with Gasteiger partial charge in [-0.3, -0.25) is 25.0 Å². The lowest BCUT2D eigenvalue weighted by Crippen LogP contribution is -2.26. The summed E-state index contributed by atoms with van der Waals surface area (Å²) in [6.07, 6.45) is 0. The van der Waals surface area contributed by atoms with Crippen molar-refractivity contribution < 1.29 is 14.6 Å². The van der Waals surface area contributed by atoms with E-state index in [2.05, 4.69) is 0 Å². The van der Waals surface area contributed by atoms with Gasteiger partial charge in [-0.2, -0.15) is 0 Å². The van der Waals surface area contributed by atoms with Crippen LogP contribution in [0.15, 0.2) is 48.5 Å². The van der Waals surface area contributed by atoms with E-state index in [9.17, 15) is 25.0 Å². The first kappa shape index (κ1) is 15.1. The fraction of sp³-hybridized carbons (Fsp3) is 0.0714. The van der Waals surface area contributed by atoms with Crippen LogP contribution in [0.3, 0.4) is 0 Å². The largest absolute Gasteiger partial charge is 0.311 e. The van der Waals surface area contributed by atoms with Crippen molar-refractivity contribution in [1.29, 1.82) is 0 Å². The average molecular weight is 301 g/mol. The molecule has 112 valence electrons. The van der Waals surface area contributed by atoms with Crippen molar-refractivity contribution in [3.8, 4) is 0 Å². The van der Waals surface area contributed by atoms with Gasteiger partial charge in [0.15, 0.2) is 0 Å². The number of benzene rings is 2. The van der Waals surface area contributed by atoms with Crippen LogP contribution in [0.1, 0.15) is 10.4 Å². The molecule has 0 saturated heterocycles. The van der Waals surface area contributed by atoms with Gasteiger partial charge in [-0.25, -0.2) is 0 Å². The lowest BCUT2D eigenvalue weighted by atomic mass is 10.1. The Morgan fingerprint density at radius 1 is 0.955 bits per heavy atom. The number of hydrogen-bond acceptors (Lipinski definition) is 5. The van der Waals surface area contributed by atoms with E-state index in [1.165, 1.54) is 11.9 Å². The summed E-state index contributed by atoms with van der Waals surface area (Å²) in [5.74, 6) is -0.571. The van der Waals surface area contributed by atoms with Crippen LogP contribution < -0.4 is 4.90 Å². The summed E-state index contributed by atoms with van der Waals surface area (Å²) >= 11 is 0. The zero-order valence-electron chi connectivity index (χ0n) is 11.5. The standard InChI is InChI=1S/C14H11N3O5/c1-15(11-5-3-2-4-6-11)14(18)10-7-12(16(19)20)9-13(8-10)17(21)22/h2-9H,1H3. The minimum Gasteiger partial charge on any atom is -0.311 e. The minimum atomic E-state index is -0.772. The topological polar surface area (TPSA) is 107 Å². The van der Waals surface area contributed by atoms with Gasteiger partial charge in [0.2, 0.25) is 0 Å². The molecule has 0 fully saturated rings. The van der Waals surface area contributed by atoms with Crippen LogP contribution in [-0.2, 0) is 0 Å². The number of non-ortho nitro benzene ring substituents is 2. The Labute approximate surface area is 124 Å². The molecule has 22 heavy (non-hydrogen) atoms. The van der Waals surface area contributed by atoms with Gasteiger partial charge in [0.05, 0.1) is 21.5 Å². The summed E-state index contributed by atoms with van der Waals surface area (Å²) in [7, 11) is 1.49. The van der Waals surface area contributed by atoms with Crippen LogP contribution in [0, 0.1) is 20.2 Å². The molecule has 0 atom stereocenters. The van der Waals surface area contributed by atoms with Gasteiger partial charge >= 0.3 is 0 Å². The number of hydrogen-bond donors (Lipinski definition) is 0. The molecule has 0 aliphatic carbocycles. The highest BCUT2D eigenvalue weighted by molar-refractivity contribution is 6.06. The number of rotatable bonds is 4. The van der Waals surface area contributed by atoms with Gasteiger partial charge in [-0.05, 0) is 12.1 Å². The van der Waals surface area contributed by atoms with Crippen molar-refractivity contribution in [2.45, 2.75) is 0 Å². The molecular formula is C14H11N3O5. The van der Waals surface area contributed by atoms with Crippen LogP contribution in [0.5, 0.6) is 0 Å². The molecule has 0 heterocycles. The highest BCUT2D eigenvalue weighted by Gasteiger charge is 2.22. The van der Waals surface area contributed by atoms with E-state index in [4.69, 9.17) is 0 Å². The first-order valence-electron chi connectivity index (χ1n) is 6.17. The maximum atomic E-state index is 12.4. The predicted molar refractivity (Wildman–Crippen MR) is 78.9 cm³/mol. The van der Waals surface area contributed by atoms with Gasteiger partial charge in [0.25, 0.3) is 17.3 Å². The van der Waals surface area contributed by atoms with E-state index >= 15 is 0 Å². The number of nitrogens with zero attached hydrogens (tertiary/aromatic N) is 3. The van der Waals surface area contributed by atoms with Gasteiger partial charge in [0.1, 0.15) is 0 Å². The Morgan fingerprint density at radius 2 is 1.45 bits per heavy atom. The molecule has 0 aliphatic rings. The number of carbonyl (C=O) groups excluding carboxylic acids is 1. The van der Waals surface area contributed by atoms with Crippen LogP contribution in [0.2, 0.25) is 0 Å². The molecule has 0 aromatic heterocycles. The van der Waals surface area contributed by atoms with Crippen molar-refractivity contribution in [1.82, 2.24) is 0 Å². The lowest BCUT2D eigenvalue weighted by molar-refractivity contribution is -0.394. The second-order valence-electron chi connectivity index (χ2n) is 4.45. The zero-order chi connectivity index (χ0) is 16.3. The number of anilines is 1. The average Bonchev–Trinajstić information content (AvgIpc) is 2.53. The van der Waals surface area contributed by atoms with E-state index < -0.39 is 27.1 Å². The minimum absolute atomic E-state index is 0.118. The van der Waals surface area contributed by atoms with E-state index in [0.717, 1.165) is 18.2 Å². The van der Waals surface area contributed by atoms with Crippen molar-refractivity contribution in [2.75, 3.05) is 11.9 Å². The monoisotopic (exact) mass is 301 g/mol. The first-order valence-corrected chi connectivity index (χ1v) is 6.17. The third-order valence-corrected chi connectivity index (χ3v) is 3.02. The molecule has 2 aromatic carbocycles. The Kier molecular flexibility index (Phi) is 4.12. The summed E-state index contributed by atoms with van der Waals surface area (Å²) in [4.78, 5) is 33.8. The smallest absolute Gasteiger partial charge is 0.277 e. The van der Waals surface area contributed by atoms with Crippen LogP contribution in [0.4, 0.5) is 17.1 Å². The maximum Gasteiger partial charge on any atom is 0.277 e. The van der Waals surface area contributed by atoms with Crippen molar-refractivity contribution in [3.05, 3.63) is 74.3 Å². The number of carbonyl (C=O) groups is 1. The molecule has 2 rings (SSSR count). The van der Waals surface area contributed by atoms with Crippen molar-refractivity contribution in [3.63, 3.8) is 0 Å². The van der Waals surface area contributed by atoms with Gasteiger partial charge in [0, 0.05) is 24.9 Å². The molecule has 0 radical (unpaired) electrons. The molecule has 0 aliphatic heterocycles. The van der Waals surface area contributed by atoms with E-state index in [0.29, 0.717) is 5.69 Å². The quantitative estimate of drug-likeness (QED) is 0.637. The lowest BCUT2D eigenvalue weighted by Gasteiger charge is -2.17. The van der Waals surface area contributed by atoms with Crippen LogP contribution in [0.25, 0.3) is 0 Å². The summed E-state index contributed by atoms with van der Waals surface area (Å²) in [6.45, 7) is 0. The molecule has 0 saturated carbocycles. The number of nitro groups is 2. The molecule has 8 nitrogen and oxygen atoms in total. The van der Waals surface area contributed by atoms with E-state index in [1.54, 1.807) is 30.3 Å². The molecule has 0 unspecified atom stereocenters. The van der Waals surface area contributed by atoms with Crippen molar-refractivity contribution >= 4 is 23.0 Å². The summed E-state index contributed by atoms with van der Waals surface area (Å²) in [6, 6.07) is 11.5. The molecule has 0 spiro atoms. The Hall–Kier alpha value is -3.29. The Morgan fingerprint density at radius 3 is 1.91 bits per heavy atom. The fourth-order valence-electron chi connectivity index (χ4n) is 1.89. The fourth-order valence-corrected chi connectivity index (χ4v) is 1.89. The molecule has 1 amide bonds. The Balaban J connectivity index is 2.45. The first-order chi connectivity index (χ1) is 10.4. The summed E-state index contributed by atoms with van der Waals surface area (Å²) in [5.41, 5.74) is -0.549. The maximum absolute atomic E-state index is 12.4.